The van der Waals surface area contributed by atoms with Crippen molar-refractivity contribution < 1.29 is 9.90 Å². The van der Waals surface area contributed by atoms with Crippen molar-refractivity contribution in [2.45, 2.75) is 41.0 Å². The Morgan fingerprint density at radius 1 is 1.25 bits per heavy atom. The van der Waals surface area contributed by atoms with Gasteiger partial charge in [-0.25, -0.2) is 0 Å². The average molecular weight is 277 g/mol. The van der Waals surface area contributed by atoms with Crippen LogP contribution in [0.25, 0.3) is 0 Å². The second kappa shape index (κ2) is 7.32. The SMILES string of the molecule is Cc1ccc(N(CCC(C)C)CC(C)C(=O)O)c(C)c1. The molecule has 1 aromatic rings. The number of aryl methyl sites for hydroxylation is 2. The molecular formula is C17H27NO2. The van der Waals surface area contributed by atoms with Crippen molar-refractivity contribution in [3.63, 3.8) is 0 Å². The molecule has 20 heavy (non-hydrogen) atoms. The summed E-state index contributed by atoms with van der Waals surface area (Å²) in [7, 11) is 0. The Kier molecular flexibility index (Phi) is 6.05. The second-order valence-corrected chi connectivity index (χ2v) is 6.16. The highest BCUT2D eigenvalue weighted by Crippen LogP contribution is 2.23. The minimum Gasteiger partial charge on any atom is -0.481 e. The van der Waals surface area contributed by atoms with E-state index in [0.29, 0.717) is 12.5 Å². The van der Waals surface area contributed by atoms with Gasteiger partial charge in [0.15, 0.2) is 0 Å². The van der Waals surface area contributed by atoms with Crippen molar-refractivity contribution in [1.29, 1.82) is 0 Å². The second-order valence-electron chi connectivity index (χ2n) is 6.16. The summed E-state index contributed by atoms with van der Waals surface area (Å²) in [5.41, 5.74) is 3.61. The maximum Gasteiger partial charge on any atom is 0.308 e. The normalized spacial score (nSPS) is 12.5. The Morgan fingerprint density at radius 3 is 2.40 bits per heavy atom. The molecule has 0 aliphatic carbocycles. The molecule has 0 heterocycles. The van der Waals surface area contributed by atoms with Crippen LogP contribution in [0, 0.1) is 25.7 Å². The van der Waals surface area contributed by atoms with Gasteiger partial charge in [-0.05, 0) is 37.8 Å². The number of anilines is 1. The quantitative estimate of drug-likeness (QED) is 0.822. The van der Waals surface area contributed by atoms with Crippen LogP contribution in [-0.2, 0) is 4.79 Å². The zero-order valence-electron chi connectivity index (χ0n) is 13.3. The largest absolute Gasteiger partial charge is 0.481 e. The van der Waals surface area contributed by atoms with E-state index >= 15 is 0 Å². The molecule has 0 saturated heterocycles. The molecule has 3 heteroatoms. The molecule has 1 atom stereocenters. The molecule has 1 unspecified atom stereocenters. The molecule has 3 nitrogen and oxygen atoms in total. The fourth-order valence-electron chi connectivity index (χ4n) is 2.29. The van der Waals surface area contributed by atoms with Gasteiger partial charge in [-0.2, -0.15) is 0 Å². The average Bonchev–Trinajstić information content (AvgIpc) is 2.34. The number of carboxylic acid groups (broad SMARTS) is 1. The Balaban J connectivity index is 2.93. The zero-order chi connectivity index (χ0) is 15.3. The summed E-state index contributed by atoms with van der Waals surface area (Å²) in [5, 5.41) is 9.14. The van der Waals surface area contributed by atoms with Crippen LogP contribution in [0.4, 0.5) is 5.69 Å². The van der Waals surface area contributed by atoms with Crippen molar-refractivity contribution in [1.82, 2.24) is 0 Å². The summed E-state index contributed by atoms with van der Waals surface area (Å²) in [5.74, 6) is -0.476. The van der Waals surface area contributed by atoms with Crippen LogP contribution >= 0.6 is 0 Å². The molecular weight excluding hydrogens is 250 g/mol. The van der Waals surface area contributed by atoms with Gasteiger partial charge in [0.1, 0.15) is 0 Å². The van der Waals surface area contributed by atoms with E-state index in [9.17, 15) is 4.79 Å². The van der Waals surface area contributed by atoms with Gasteiger partial charge in [-0.3, -0.25) is 4.79 Å². The first-order chi connectivity index (χ1) is 9.31. The highest BCUT2D eigenvalue weighted by atomic mass is 16.4. The van der Waals surface area contributed by atoms with Crippen molar-refractivity contribution in [3.8, 4) is 0 Å². The Bertz CT molecular complexity index is 454. The van der Waals surface area contributed by atoms with E-state index in [2.05, 4.69) is 50.8 Å². The minimum atomic E-state index is -0.732. The molecule has 112 valence electrons. The molecule has 1 N–H and O–H groups in total. The number of carbonyl (C=O) groups is 1. The maximum atomic E-state index is 11.1. The van der Waals surface area contributed by atoms with Crippen molar-refractivity contribution in [3.05, 3.63) is 29.3 Å². The Hall–Kier alpha value is -1.51. The lowest BCUT2D eigenvalue weighted by Gasteiger charge is -2.29. The summed E-state index contributed by atoms with van der Waals surface area (Å²) in [6, 6.07) is 6.36. The van der Waals surface area contributed by atoms with Gasteiger partial charge < -0.3 is 10.0 Å². The fourth-order valence-corrected chi connectivity index (χ4v) is 2.29. The van der Waals surface area contributed by atoms with Crippen LogP contribution in [0.2, 0.25) is 0 Å². The Morgan fingerprint density at radius 2 is 1.90 bits per heavy atom. The van der Waals surface area contributed by atoms with Crippen LogP contribution in [0.5, 0.6) is 0 Å². The third kappa shape index (κ3) is 4.87. The fraction of sp³-hybridized carbons (Fsp3) is 0.588. The smallest absolute Gasteiger partial charge is 0.308 e. The molecule has 0 aliphatic rings. The molecule has 0 radical (unpaired) electrons. The number of nitrogens with zero attached hydrogens (tertiary/aromatic N) is 1. The summed E-state index contributed by atoms with van der Waals surface area (Å²) in [4.78, 5) is 13.3. The van der Waals surface area contributed by atoms with Crippen LogP contribution in [0.3, 0.4) is 0 Å². The number of hydrogen-bond acceptors (Lipinski definition) is 2. The van der Waals surface area contributed by atoms with Crippen LogP contribution in [0.15, 0.2) is 18.2 Å². The van der Waals surface area contributed by atoms with Crippen molar-refractivity contribution in [2.75, 3.05) is 18.0 Å². The highest BCUT2D eigenvalue weighted by Gasteiger charge is 2.18. The van der Waals surface area contributed by atoms with Crippen molar-refractivity contribution >= 4 is 11.7 Å². The van der Waals surface area contributed by atoms with E-state index in [1.807, 2.05) is 0 Å². The Labute approximate surface area is 122 Å². The number of carboxylic acids is 1. The van der Waals surface area contributed by atoms with Gasteiger partial charge >= 0.3 is 5.97 Å². The monoisotopic (exact) mass is 277 g/mol. The van der Waals surface area contributed by atoms with E-state index in [1.54, 1.807) is 6.92 Å². The van der Waals surface area contributed by atoms with E-state index in [1.165, 1.54) is 11.1 Å². The first kappa shape index (κ1) is 16.5. The predicted octanol–water partition coefficient (Wildman–Crippen LogP) is 3.88. The zero-order valence-corrected chi connectivity index (χ0v) is 13.3. The molecule has 0 aliphatic heterocycles. The van der Waals surface area contributed by atoms with E-state index in [4.69, 9.17) is 5.11 Å². The van der Waals surface area contributed by atoms with Gasteiger partial charge in [0.25, 0.3) is 0 Å². The summed E-state index contributed by atoms with van der Waals surface area (Å²) >= 11 is 0. The standard InChI is InChI=1S/C17H27NO2/c1-12(2)8-9-18(11-15(5)17(19)20)16-7-6-13(3)10-14(16)4/h6-7,10,12,15H,8-9,11H2,1-5H3,(H,19,20). The molecule has 0 saturated carbocycles. The lowest BCUT2D eigenvalue weighted by Crippen LogP contribution is -2.33. The highest BCUT2D eigenvalue weighted by molar-refractivity contribution is 5.70. The molecule has 0 bridgehead atoms. The first-order valence-electron chi connectivity index (χ1n) is 7.36. The molecule has 0 fully saturated rings. The number of hydrogen-bond donors (Lipinski definition) is 1. The topological polar surface area (TPSA) is 40.5 Å². The van der Waals surface area contributed by atoms with E-state index in [0.717, 1.165) is 18.7 Å². The van der Waals surface area contributed by atoms with Gasteiger partial charge in [0, 0.05) is 18.8 Å². The van der Waals surface area contributed by atoms with Crippen molar-refractivity contribution in [2.24, 2.45) is 11.8 Å². The van der Waals surface area contributed by atoms with Gasteiger partial charge in [0.2, 0.25) is 0 Å². The summed E-state index contributed by atoms with van der Waals surface area (Å²) < 4.78 is 0. The van der Waals surface area contributed by atoms with Crippen LogP contribution in [0.1, 0.15) is 38.3 Å². The van der Waals surface area contributed by atoms with E-state index < -0.39 is 5.97 Å². The molecule has 0 aromatic heterocycles. The molecule has 1 aromatic carbocycles. The van der Waals surface area contributed by atoms with Gasteiger partial charge in [0.05, 0.1) is 5.92 Å². The van der Waals surface area contributed by atoms with Crippen LogP contribution < -0.4 is 4.90 Å². The lowest BCUT2D eigenvalue weighted by molar-refractivity contribution is -0.140. The maximum absolute atomic E-state index is 11.1. The third-order valence-electron chi connectivity index (χ3n) is 3.59. The molecule has 0 amide bonds. The lowest BCUT2D eigenvalue weighted by atomic mass is 10.1. The third-order valence-corrected chi connectivity index (χ3v) is 3.59. The molecule has 1 rings (SSSR count). The first-order valence-corrected chi connectivity index (χ1v) is 7.36. The minimum absolute atomic E-state index is 0.358. The number of benzene rings is 1. The number of aliphatic carboxylic acids is 1. The predicted molar refractivity (Wildman–Crippen MR) is 84.4 cm³/mol. The van der Waals surface area contributed by atoms with Gasteiger partial charge in [-0.1, -0.05) is 38.5 Å². The van der Waals surface area contributed by atoms with Crippen LogP contribution in [-0.4, -0.2) is 24.2 Å². The summed E-state index contributed by atoms with van der Waals surface area (Å²) in [6.45, 7) is 11.8. The number of rotatable bonds is 7. The van der Waals surface area contributed by atoms with E-state index in [-0.39, 0.29) is 5.92 Å². The summed E-state index contributed by atoms with van der Waals surface area (Å²) in [6.07, 6.45) is 1.07. The molecule has 0 spiro atoms. The van der Waals surface area contributed by atoms with Gasteiger partial charge in [-0.15, -0.1) is 0 Å².